The first-order valence-corrected chi connectivity index (χ1v) is 6.04. The minimum atomic E-state index is -0.0681. The summed E-state index contributed by atoms with van der Waals surface area (Å²) in [6.45, 7) is 6.08. The van der Waals surface area contributed by atoms with Crippen LogP contribution in [0.5, 0.6) is 0 Å². The number of rotatable bonds is 8. The molecular weight excluding hydrogens is 220 g/mol. The van der Waals surface area contributed by atoms with E-state index in [4.69, 9.17) is 13.9 Å². The minimum absolute atomic E-state index is 0.0681. The van der Waals surface area contributed by atoms with E-state index in [0.29, 0.717) is 37.9 Å². The highest BCUT2D eigenvalue weighted by molar-refractivity contribution is 5.05. The van der Waals surface area contributed by atoms with Crippen molar-refractivity contribution in [2.24, 2.45) is 0 Å². The molecule has 0 aliphatic rings. The Hall–Kier alpha value is -1.13. The van der Waals surface area contributed by atoms with E-state index < -0.39 is 0 Å². The molecule has 0 bridgehead atoms. The van der Waals surface area contributed by atoms with Gasteiger partial charge in [-0.25, -0.2) is 0 Å². The molecule has 0 saturated carbocycles. The fourth-order valence-electron chi connectivity index (χ4n) is 1.36. The third-order valence-corrected chi connectivity index (χ3v) is 2.05. The molecule has 0 aliphatic carbocycles. The van der Waals surface area contributed by atoms with Crippen LogP contribution in [0.15, 0.2) is 21.3 Å². The molecule has 0 aliphatic heterocycles. The highest BCUT2D eigenvalue weighted by Crippen LogP contribution is 2.05. The predicted molar refractivity (Wildman–Crippen MR) is 64.9 cm³/mol. The van der Waals surface area contributed by atoms with E-state index in [9.17, 15) is 4.79 Å². The van der Waals surface area contributed by atoms with Crippen molar-refractivity contribution >= 4 is 0 Å². The third kappa shape index (κ3) is 5.65. The Morgan fingerprint density at radius 2 is 1.47 bits per heavy atom. The molecule has 96 valence electrons. The second kappa shape index (κ2) is 8.03. The van der Waals surface area contributed by atoms with Crippen molar-refractivity contribution in [1.82, 2.24) is 0 Å². The van der Waals surface area contributed by atoms with Gasteiger partial charge in [0.15, 0.2) is 5.43 Å². The maximum absolute atomic E-state index is 11.4. The monoisotopic (exact) mass is 240 g/mol. The molecule has 0 N–H and O–H groups in total. The summed E-state index contributed by atoms with van der Waals surface area (Å²) in [5.74, 6) is 1.11. The topological polar surface area (TPSA) is 48.7 Å². The van der Waals surface area contributed by atoms with Gasteiger partial charge < -0.3 is 13.9 Å². The fraction of sp³-hybridized carbons (Fsp3) is 0.615. The number of ether oxygens (including phenoxy) is 2. The molecule has 17 heavy (non-hydrogen) atoms. The Balaban J connectivity index is 2.56. The maximum atomic E-state index is 11.4. The Morgan fingerprint density at radius 3 is 1.88 bits per heavy atom. The van der Waals surface area contributed by atoms with E-state index in [-0.39, 0.29) is 5.43 Å². The van der Waals surface area contributed by atoms with E-state index in [1.807, 2.05) is 13.8 Å². The predicted octanol–water partition coefficient (Wildman–Crippen LogP) is 2.49. The standard InChI is InChI=1S/C13H20O4/c1-3-5-15-9-12-7-11(14)8-13(17-12)10-16-6-4-2/h7-8H,3-6,9-10H2,1-2H3. The lowest BCUT2D eigenvalue weighted by Crippen LogP contribution is -2.06. The first-order valence-electron chi connectivity index (χ1n) is 6.04. The summed E-state index contributed by atoms with van der Waals surface area (Å²) in [7, 11) is 0. The third-order valence-electron chi connectivity index (χ3n) is 2.05. The Bertz CT molecular complexity index is 339. The second-order valence-corrected chi connectivity index (χ2v) is 3.83. The van der Waals surface area contributed by atoms with E-state index in [1.54, 1.807) is 0 Å². The lowest BCUT2D eigenvalue weighted by atomic mass is 10.3. The summed E-state index contributed by atoms with van der Waals surface area (Å²) in [6, 6.07) is 2.91. The van der Waals surface area contributed by atoms with Crippen molar-refractivity contribution < 1.29 is 13.9 Å². The highest BCUT2D eigenvalue weighted by Gasteiger charge is 2.03. The zero-order valence-corrected chi connectivity index (χ0v) is 10.5. The van der Waals surface area contributed by atoms with Crippen LogP contribution >= 0.6 is 0 Å². The molecule has 4 heteroatoms. The van der Waals surface area contributed by atoms with Gasteiger partial charge in [0.05, 0.1) is 0 Å². The Morgan fingerprint density at radius 1 is 1.00 bits per heavy atom. The summed E-state index contributed by atoms with van der Waals surface area (Å²) in [5.41, 5.74) is -0.0681. The molecule has 0 spiro atoms. The van der Waals surface area contributed by atoms with Crippen molar-refractivity contribution in [2.45, 2.75) is 39.9 Å². The first-order chi connectivity index (χ1) is 8.26. The zero-order valence-electron chi connectivity index (χ0n) is 10.5. The molecule has 1 rings (SSSR count). The Labute approximate surface area is 102 Å². The molecule has 1 heterocycles. The normalized spacial score (nSPS) is 10.7. The maximum Gasteiger partial charge on any atom is 0.185 e. The minimum Gasteiger partial charge on any atom is -0.461 e. The Kier molecular flexibility index (Phi) is 6.58. The summed E-state index contributed by atoms with van der Waals surface area (Å²) in [6.07, 6.45) is 1.90. The largest absolute Gasteiger partial charge is 0.461 e. The van der Waals surface area contributed by atoms with Gasteiger partial charge in [-0.2, -0.15) is 0 Å². The van der Waals surface area contributed by atoms with E-state index in [0.717, 1.165) is 12.8 Å². The van der Waals surface area contributed by atoms with Gasteiger partial charge in [0, 0.05) is 25.3 Å². The molecule has 1 aromatic rings. The van der Waals surface area contributed by atoms with Crippen molar-refractivity contribution in [3.8, 4) is 0 Å². The molecule has 0 amide bonds. The smallest absolute Gasteiger partial charge is 0.185 e. The fourth-order valence-corrected chi connectivity index (χ4v) is 1.36. The summed E-state index contributed by atoms with van der Waals surface area (Å²) >= 11 is 0. The van der Waals surface area contributed by atoms with Gasteiger partial charge in [-0.1, -0.05) is 13.8 Å². The molecule has 0 unspecified atom stereocenters. The SMILES string of the molecule is CCCOCc1cc(=O)cc(COCCC)o1. The van der Waals surface area contributed by atoms with Crippen LogP contribution in [0.25, 0.3) is 0 Å². The molecule has 0 saturated heterocycles. The molecule has 0 aromatic carbocycles. The summed E-state index contributed by atoms with van der Waals surface area (Å²) < 4.78 is 16.2. The van der Waals surface area contributed by atoms with Crippen molar-refractivity contribution in [2.75, 3.05) is 13.2 Å². The van der Waals surface area contributed by atoms with Crippen LogP contribution in [0, 0.1) is 0 Å². The highest BCUT2D eigenvalue weighted by atomic mass is 16.5. The van der Waals surface area contributed by atoms with Gasteiger partial charge in [0.1, 0.15) is 24.7 Å². The summed E-state index contributed by atoms with van der Waals surface area (Å²) in [5, 5.41) is 0. The van der Waals surface area contributed by atoms with Gasteiger partial charge in [-0.15, -0.1) is 0 Å². The van der Waals surface area contributed by atoms with Gasteiger partial charge >= 0.3 is 0 Å². The molecule has 0 atom stereocenters. The van der Waals surface area contributed by atoms with Crippen LogP contribution in [0.4, 0.5) is 0 Å². The molecule has 4 nitrogen and oxygen atoms in total. The first kappa shape index (κ1) is 13.9. The van der Waals surface area contributed by atoms with Crippen molar-refractivity contribution in [3.63, 3.8) is 0 Å². The zero-order chi connectivity index (χ0) is 12.5. The molecular formula is C13H20O4. The average Bonchev–Trinajstić information content (AvgIpc) is 2.29. The van der Waals surface area contributed by atoms with Crippen molar-refractivity contribution in [3.05, 3.63) is 33.9 Å². The van der Waals surface area contributed by atoms with Crippen LogP contribution in [0.2, 0.25) is 0 Å². The molecule has 0 fully saturated rings. The van der Waals surface area contributed by atoms with Crippen LogP contribution < -0.4 is 5.43 Å². The van der Waals surface area contributed by atoms with Crippen LogP contribution in [0.3, 0.4) is 0 Å². The van der Waals surface area contributed by atoms with Gasteiger partial charge in [-0.3, -0.25) is 4.79 Å². The van der Waals surface area contributed by atoms with E-state index >= 15 is 0 Å². The average molecular weight is 240 g/mol. The lowest BCUT2D eigenvalue weighted by molar-refractivity contribution is 0.0866. The summed E-state index contributed by atoms with van der Waals surface area (Å²) in [4.78, 5) is 11.4. The van der Waals surface area contributed by atoms with Gasteiger partial charge in [0.2, 0.25) is 0 Å². The quantitative estimate of drug-likeness (QED) is 0.655. The molecule has 0 radical (unpaired) electrons. The second-order valence-electron chi connectivity index (χ2n) is 3.83. The van der Waals surface area contributed by atoms with Crippen LogP contribution in [0.1, 0.15) is 38.2 Å². The van der Waals surface area contributed by atoms with E-state index in [1.165, 1.54) is 12.1 Å². The van der Waals surface area contributed by atoms with Crippen molar-refractivity contribution in [1.29, 1.82) is 0 Å². The number of hydrogen-bond donors (Lipinski definition) is 0. The van der Waals surface area contributed by atoms with Gasteiger partial charge in [0.25, 0.3) is 0 Å². The lowest BCUT2D eigenvalue weighted by Gasteiger charge is -2.05. The van der Waals surface area contributed by atoms with Gasteiger partial charge in [-0.05, 0) is 12.8 Å². The van der Waals surface area contributed by atoms with Crippen LogP contribution in [-0.2, 0) is 22.7 Å². The van der Waals surface area contributed by atoms with E-state index in [2.05, 4.69) is 0 Å². The molecule has 1 aromatic heterocycles. The number of hydrogen-bond acceptors (Lipinski definition) is 4. The van der Waals surface area contributed by atoms with Crippen LogP contribution in [-0.4, -0.2) is 13.2 Å².